The summed E-state index contributed by atoms with van der Waals surface area (Å²) in [6.45, 7) is 3.20. The third-order valence-corrected chi connectivity index (χ3v) is 4.69. The van der Waals surface area contributed by atoms with Gasteiger partial charge in [0.25, 0.3) is 0 Å². The minimum Gasteiger partial charge on any atom is -0.351 e. The molecule has 0 heterocycles. The summed E-state index contributed by atoms with van der Waals surface area (Å²) in [6.07, 6.45) is 6.02. The van der Waals surface area contributed by atoms with Crippen LogP contribution >= 0.6 is 0 Å². The van der Waals surface area contributed by atoms with Crippen LogP contribution in [0.4, 0.5) is 4.79 Å². The number of carbonyl (C=O) groups excluding carboxylic acids is 1. The summed E-state index contributed by atoms with van der Waals surface area (Å²) < 4.78 is 0. The van der Waals surface area contributed by atoms with Gasteiger partial charge in [0.15, 0.2) is 0 Å². The van der Waals surface area contributed by atoms with E-state index in [1.165, 1.54) is 31.2 Å². The smallest absolute Gasteiger partial charge is 0.314 e. The van der Waals surface area contributed by atoms with Crippen molar-refractivity contribution in [3.05, 3.63) is 35.9 Å². The van der Waals surface area contributed by atoms with Gasteiger partial charge in [-0.25, -0.2) is 4.79 Å². The van der Waals surface area contributed by atoms with Gasteiger partial charge in [0.2, 0.25) is 0 Å². The summed E-state index contributed by atoms with van der Waals surface area (Å²) in [4.78, 5) is 12.7. The van der Waals surface area contributed by atoms with Gasteiger partial charge in [-0.05, 0) is 49.0 Å². The second kappa shape index (κ2) is 6.29. The number of benzene rings is 1. The Balaban J connectivity index is 1.85. The average Bonchev–Trinajstić information content (AvgIpc) is 2.42. The van der Waals surface area contributed by atoms with E-state index < -0.39 is 0 Å². The molecule has 2 rings (SSSR count). The van der Waals surface area contributed by atoms with Crippen LogP contribution < -0.4 is 5.73 Å². The first-order valence-electron chi connectivity index (χ1n) is 7.53. The molecule has 1 aliphatic carbocycles. The van der Waals surface area contributed by atoms with Crippen LogP contribution in [0.15, 0.2) is 30.3 Å². The summed E-state index contributed by atoms with van der Waals surface area (Å²) in [7, 11) is 1.79. The van der Waals surface area contributed by atoms with Crippen molar-refractivity contribution in [1.29, 1.82) is 0 Å². The molecule has 0 aromatic heterocycles. The predicted molar refractivity (Wildman–Crippen MR) is 82.4 cm³/mol. The fraction of sp³-hybridized carbons (Fsp3) is 0.588. The van der Waals surface area contributed by atoms with Crippen molar-refractivity contribution in [3.8, 4) is 0 Å². The molecular weight excluding hydrogens is 248 g/mol. The number of hydrogen-bond acceptors (Lipinski definition) is 1. The first-order valence-corrected chi connectivity index (χ1v) is 7.53. The Morgan fingerprint density at radius 1 is 1.30 bits per heavy atom. The van der Waals surface area contributed by atoms with Gasteiger partial charge in [0.1, 0.15) is 0 Å². The Labute approximate surface area is 122 Å². The molecule has 0 unspecified atom stereocenters. The van der Waals surface area contributed by atoms with Gasteiger partial charge in [-0.1, -0.05) is 37.3 Å². The Morgan fingerprint density at radius 3 is 2.45 bits per heavy atom. The highest BCUT2D eigenvalue weighted by molar-refractivity contribution is 5.71. The molecule has 1 fully saturated rings. The maximum absolute atomic E-state index is 11.1. The summed E-state index contributed by atoms with van der Waals surface area (Å²) >= 11 is 0. The molecule has 3 heteroatoms. The monoisotopic (exact) mass is 274 g/mol. The summed E-state index contributed by atoms with van der Waals surface area (Å²) in [6, 6.07) is 10.4. The molecule has 1 aromatic carbocycles. The standard InChI is InChI=1S/C17H26N2O/c1-17(12-14-6-4-3-5-7-14)10-8-15(9-11-17)13-19(2)16(18)20/h3-7,15H,8-13H2,1-2H3,(H2,18,20). The predicted octanol–water partition coefficient (Wildman–Crippen LogP) is 3.44. The van der Waals surface area contributed by atoms with Crippen molar-refractivity contribution in [2.45, 2.75) is 39.0 Å². The molecule has 0 atom stereocenters. The van der Waals surface area contributed by atoms with Crippen LogP contribution in [0.3, 0.4) is 0 Å². The zero-order valence-electron chi connectivity index (χ0n) is 12.6. The molecule has 2 N–H and O–H groups in total. The van der Waals surface area contributed by atoms with Crippen molar-refractivity contribution in [2.24, 2.45) is 17.1 Å². The van der Waals surface area contributed by atoms with Gasteiger partial charge in [-0.15, -0.1) is 0 Å². The van der Waals surface area contributed by atoms with Crippen LogP contribution in [-0.4, -0.2) is 24.5 Å². The van der Waals surface area contributed by atoms with Gasteiger partial charge < -0.3 is 10.6 Å². The molecule has 110 valence electrons. The van der Waals surface area contributed by atoms with Gasteiger partial charge in [-0.2, -0.15) is 0 Å². The van der Waals surface area contributed by atoms with Crippen molar-refractivity contribution in [2.75, 3.05) is 13.6 Å². The van der Waals surface area contributed by atoms with Gasteiger partial charge in [0.05, 0.1) is 0 Å². The molecular formula is C17H26N2O. The SMILES string of the molecule is CN(CC1CCC(C)(Cc2ccccc2)CC1)C(N)=O. The van der Waals surface area contributed by atoms with E-state index in [2.05, 4.69) is 37.3 Å². The minimum absolute atomic E-state index is 0.317. The molecule has 0 spiro atoms. The van der Waals surface area contributed by atoms with Gasteiger partial charge >= 0.3 is 6.03 Å². The molecule has 20 heavy (non-hydrogen) atoms. The molecule has 0 aliphatic heterocycles. The number of hydrogen-bond donors (Lipinski definition) is 1. The molecule has 1 aromatic rings. The lowest BCUT2D eigenvalue weighted by atomic mass is 9.68. The van der Waals surface area contributed by atoms with Crippen molar-refractivity contribution in [1.82, 2.24) is 4.90 Å². The molecule has 3 nitrogen and oxygen atoms in total. The zero-order chi connectivity index (χ0) is 14.6. The van der Waals surface area contributed by atoms with Crippen LogP contribution in [0.25, 0.3) is 0 Å². The molecule has 0 saturated heterocycles. The second-order valence-corrected chi connectivity index (χ2v) is 6.64. The number of rotatable bonds is 4. The number of carbonyl (C=O) groups is 1. The summed E-state index contributed by atoms with van der Waals surface area (Å²) in [5.41, 5.74) is 7.13. The number of nitrogens with zero attached hydrogens (tertiary/aromatic N) is 1. The van der Waals surface area contributed by atoms with E-state index in [4.69, 9.17) is 5.73 Å². The lowest BCUT2D eigenvalue weighted by molar-refractivity contribution is 0.146. The molecule has 0 radical (unpaired) electrons. The van der Waals surface area contributed by atoms with Crippen LogP contribution in [-0.2, 0) is 6.42 Å². The fourth-order valence-corrected chi connectivity index (χ4v) is 3.30. The van der Waals surface area contributed by atoms with Gasteiger partial charge in [-0.3, -0.25) is 0 Å². The normalized spacial score (nSPS) is 26.2. The Bertz CT molecular complexity index is 436. The maximum atomic E-state index is 11.1. The summed E-state index contributed by atoms with van der Waals surface area (Å²) in [5.74, 6) is 0.608. The van der Waals surface area contributed by atoms with Crippen LogP contribution in [0, 0.1) is 11.3 Å². The average molecular weight is 274 g/mol. The van der Waals surface area contributed by atoms with Crippen molar-refractivity contribution < 1.29 is 4.79 Å². The van der Waals surface area contributed by atoms with E-state index in [0.717, 1.165) is 13.0 Å². The number of primary amides is 1. The van der Waals surface area contributed by atoms with Gasteiger partial charge in [0, 0.05) is 13.6 Å². The van der Waals surface area contributed by atoms with Crippen LogP contribution in [0.1, 0.15) is 38.2 Å². The topological polar surface area (TPSA) is 46.3 Å². The highest BCUT2D eigenvalue weighted by atomic mass is 16.2. The lowest BCUT2D eigenvalue weighted by Crippen LogP contribution is -2.38. The fourth-order valence-electron chi connectivity index (χ4n) is 3.30. The number of nitrogens with two attached hydrogens (primary N) is 1. The van der Waals surface area contributed by atoms with E-state index in [1.54, 1.807) is 11.9 Å². The van der Waals surface area contributed by atoms with Crippen LogP contribution in [0.2, 0.25) is 0 Å². The third kappa shape index (κ3) is 3.99. The zero-order valence-corrected chi connectivity index (χ0v) is 12.6. The Hall–Kier alpha value is -1.51. The maximum Gasteiger partial charge on any atom is 0.314 e. The molecule has 1 aliphatic rings. The van der Waals surface area contributed by atoms with E-state index in [-0.39, 0.29) is 6.03 Å². The first-order chi connectivity index (χ1) is 9.48. The quantitative estimate of drug-likeness (QED) is 0.898. The van der Waals surface area contributed by atoms with E-state index in [0.29, 0.717) is 11.3 Å². The molecule has 0 bridgehead atoms. The number of urea groups is 1. The highest BCUT2D eigenvalue weighted by Crippen LogP contribution is 2.41. The molecule has 1 saturated carbocycles. The largest absolute Gasteiger partial charge is 0.351 e. The van der Waals surface area contributed by atoms with Crippen molar-refractivity contribution >= 4 is 6.03 Å². The third-order valence-electron chi connectivity index (χ3n) is 4.69. The second-order valence-electron chi connectivity index (χ2n) is 6.64. The number of amides is 2. The highest BCUT2D eigenvalue weighted by Gasteiger charge is 2.31. The Kier molecular flexibility index (Phi) is 4.69. The molecule has 2 amide bonds. The van der Waals surface area contributed by atoms with E-state index in [9.17, 15) is 4.79 Å². The summed E-state index contributed by atoms with van der Waals surface area (Å²) in [5, 5.41) is 0. The van der Waals surface area contributed by atoms with E-state index >= 15 is 0 Å². The first kappa shape index (κ1) is 14.9. The van der Waals surface area contributed by atoms with Crippen molar-refractivity contribution in [3.63, 3.8) is 0 Å². The van der Waals surface area contributed by atoms with E-state index in [1.807, 2.05) is 0 Å². The lowest BCUT2D eigenvalue weighted by Gasteiger charge is -2.38. The Morgan fingerprint density at radius 2 is 1.90 bits per heavy atom. The minimum atomic E-state index is -0.317. The van der Waals surface area contributed by atoms with Crippen LogP contribution in [0.5, 0.6) is 0 Å².